The molecule has 118 valence electrons. The highest BCUT2D eigenvalue weighted by Gasteiger charge is 2.22. The van der Waals surface area contributed by atoms with Gasteiger partial charge in [-0.25, -0.2) is 17.5 Å². The van der Waals surface area contributed by atoms with Gasteiger partial charge in [0.2, 0.25) is 15.9 Å². The standard InChI is InChI=1S/C13H20FN3O3S/c1-3-17(4-2)12(18)8-9-16-21(19,20)13-10(14)6-5-7-11(13)15/h5-7,16H,3-4,8-9,15H2,1-2H3. The highest BCUT2D eigenvalue weighted by Crippen LogP contribution is 2.21. The van der Waals surface area contributed by atoms with Crippen molar-refractivity contribution in [3.8, 4) is 0 Å². The molecule has 0 radical (unpaired) electrons. The molecule has 0 spiro atoms. The largest absolute Gasteiger partial charge is 0.398 e. The fourth-order valence-corrected chi connectivity index (χ4v) is 3.13. The van der Waals surface area contributed by atoms with Gasteiger partial charge in [-0.2, -0.15) is 0 Å². The van der Waals surface area contributed by atoms with Crippen LogP contribution in [0.25, 0.3) is 0 Å². The van der Waals surface area contributed by atoms with E-state index in [2.05, 4.69) is 4.72 Å². The summed E-state index contributed by atoms with van der Waals surface area (Å²) in [5, 5.41) is 0. The third kappa shape index (κ3) is 4.40. The van der Waals surface area contributed by atoms with Gasteiger partial charge >= 0.3 is 0 Å². The number of amides is 1. The van der Waals surface area contributed by atoms with E-state index >= 15 is 0 Å². The molecule has 1 aromatic carbocycles. The summed E-state index contributed by atoms with van der Waals surface area (Å²) in [4.78, 5) is 12.8. The highest BCUT2D eigenvalue weighted by molar-refractivity contribution is 7.89. The molecule has 0 saturated carbocycles. The van der Waals surface area contributed by atoms with Crippen LogP contribution in [0.2, 0.25) is 0 Å². The topological polar surface area (TPSA) is 92.5 Å². The molecule has 1 aromatic rings. The van der Waals surface area contributed by atoms with Crippen LogP contribution in [0, 0.1) is 5.82 Å². The number of hydrogen-bond acceptors (Lipinski definition) is 4. The molecular formula is C13H20FN3O3S. The van der Waals surface area contributed by atoms with Crippen LogP contribution >= 0.6 is 0 Å². The summed E-state index contributed by atoms with van der Waals surface area (Å²) in [6, 6.07) is 3.65. The van der Waals surface area contributed by atoms with E-state index in [-0.39, 0.29) is 24.6 Å². The van der Waals surface area contributed by atoms with E-state index in [9.17, 15) is 17.6 Å². The number of rotatable bonds is 7. The molecule has 0 unspecified atom stereocenters. The van der Waals surface area contributed by atoms with Crippen molar-refractivity contribution in [1.82, 2.24) is 9.62 Å². The van der Waals surface area contributed by atoms with Gasteiger partial charge in [-0.15, -0.1) is 0 Å². The van der Waals surface area contributed by atoms with Gasteiger partial charge in [0, 0.05) is 26.1 Å². The van der Waals surface area contributed by atoms with Crippen LogP contribution in [-0.4, -0.2) is 38.9 Å². The monoisotopic (exact) mass is 317 g/mol. The number of benzene rings is 1. The normalized spacial score (nSPS) is 11.4. The average molecular weight is 317 g/mol. The average Bonchev–Trinajstić information content (AvgIpc) is 2.39. The zero-order valence-corrected chi connectivity index (χ0v) is 12.9. The summed E-state index contributed by atoms with van der Waals surface area (Å²) < 4.78 is 39.8. The summed E-state index contributed by atoms with van der Waals surface area (Å²) in [7, 11) is -4.08. The lowest BCUT2D eigenvalue weighted by atomic mass is 10.3. The van der Waals surface area contributed by atoms with Crippen molar-refractivity contribution >= 4 is 21.6 Å². The van der Waals surface area contributed by atoms with Gasteiger partial charge in [-0.3, -0.25) is 4.79 Å². The summed E-state index contributed by atoms with van der Waals surface area (Å²) in [6.07, 6.45) is 0.00919. The van der Waals surface area contributed by atoms with Gasteiger partial charge in [-0.05, 0) is 26.0 Å². The van der Waals surface area contributed by atoms with Crippen molar-refractivity contribution in [2.45, 2.75) is 25.2 Å². The van der Waals surface area contributed by atoms with E-state index < -0.39 is 20.7 Å². The van der Waals surface area contributed by atoms with E-state index in [0.29, 0.717) is 13.1 Å². The Morgan fingerprint density at radius 3 is 2.48 bits per heavy atom. The van der Waals surface area contributed by atoms with Gasteiger partial charge in [-0.1, -0.05) is 6.07 Å². The molecule has 0 aliphatic rings. The molecule has 0 fully saturated rings. The second-order valence-corrected chi connectivity index (χ2v) is 6.08. The van der Waals surface area contributed by atoms with Crippen molar-refractivity contribution in [2.24, 2.45) is 0 Å². The first-order valence-electron chi connectivity index (χ1n) is 6.64. The molecule has 1 rings (SSSR count). The van der Waals surface area contributed by atoms with Crippen molar-refractivity contribution in [2.75, 3.05) is 25.4 Å². The Bertz CT molecular complexity index is 580. The van der Waals surface area contributed by atoms with Crippen LogP contribution in [0.5, 0.6) is 0 Å². The van der Waals surface area contributed by atoms with Crippen LogP contribution < -0.4 is 10.5 Å². The first kappa shape index (κ1) is 17.4. The maximum atomic E-state index is 13.6. The number of carbonyl (C=O) groups is 1. The van der Waals surface area contributed by atoms with Gasteiger partial charge in [0.25, 0.3) is 0 Å². The highest BCUT2D eigenvalue weighted by atomic mass is 32.2. The lowest BCUT2D eigenvalue weighted by Crippen LogP contribution is -2.34. The number of hydrogen-bond donors (Lipinski definition) is 2. The third-order valence-corrected chi connectivity index (χ3v) is 4.57. The number of nitrogen functional groups attached to an aromatic ring is 1. The smallest absolute Gasteiger partial charge is 0.245 e. The third-order valence-electron chi connectivity index (χ3n) is 3.01. The second-order valence-electron chi connectivity index (χ2n) is 4.37. The van der Waals surface area contributed by atoms with Crippen LogP contribution in [-0.2, 0) is 14.8 Å². The van der Waals surface area contributed by atoms with Crippen molar-refractivity contribution < 1.29 is 17.6 Å². The predicted molar refractivity (Wildman–Crippen MR) is 78.5 cm³/mol. The fourth-order valence-electron chi connectivity index (χ4n) is 1.91. The molecule has 0 aromatic heterocycles. The number of nitrogens with two attached hydrogens (primary N) is 1. The molecule has 0 aliphatic heterocycles. The summed E-state index contributed by atoms with van der Waals surface area (Å²) in [5.41, 5.74) is 5.33. The van der Waals surface area contributed by atoms with Gasteiger partial charge in [0.1, 0.15) is 10.7 Å². The van der Waals surface area contributed by atoms with Crippen LogP contribution in [0.3, 0.4) is 0 Å². The maximum Gasteiger partial charge on any atom is 0.245 e. The number of sulfonamides is 1. The van der Waals surface area contributed by atoms with Crippen molar-refractivity contribution in [3.05, 3.63) is 24.0 Å². The zero-order chi connectivity index (χ0) is 16.0. The van der Waals surface area contributed by atoms with E-state index in [0.717, 1.165) is 6.07 Å². The minimum atomic E-state index is -4.08. The number of anilines is 1. The summed E-state index contributed by atoms with van der Waals surface area (Å²) in [6.45, 7) is 4.69. The Balaban J connectivity index is 2.73. The van der Waals surface area contributed by atoms with E-state index in [1.165, 1.54) is 12.1 Å². The Kier molecular flexibility index (Phi) is 6.10. The number of carbonyl (C=O) groups excluding carboxylic acids is 1. The predicted octanol–water partition coefficient (Wildman–Crippen LogP) is 0.945. The Morgan fingerprint density at radius 1 is 1.33 bits per heavy atom. The van der Waals surface area contributed by atoms with Gasteiger partial charge in [0.15, 0.2) is 0 Å². The van der Waals surface area contributed by atoms with Crippen LogP contribution in [0.15, 0.2) is 23.1 Å². The van der Waals surface area contributed by atoms with E-state index in [1.54, 1.807) is 4.90 Å². The minimum absolute atomic E-state index is 0.00919. The number of nitrogens with one attached hydrogen (secondary N) is 1. The molecule has 0 bridgehead atoms. The molecule has 0 saturated heterocycles. The second kappa shape index (κ2) is 7.37. The van der Waals surface area contributed by atoms with Gasteiger partial charge < -0.3 is 10.6 Å². The van der Waals surface area contributed by atoms with Crippen LogP contribution in [0.4, 0.5) is 10.1 Å². The number of halogens is 1. The first-order valence-corrected chi connectivity index (χ1v) is 8.13. The molecule has 3 N–H and O–H groups in total. The Morgan fingerprint density at radius 2 is 1.95 bits per heavy atom. The summed E-state index contributed by atoms with van der Waals surface area (Å²) in [5.74, 6) is -1.08. The van der Waals surface area contributed by atoms with E-state index in [4.69, 9.17) is 5.73 Å². The maximum absolute atomic E-state index is 13.6. The van der Waals surface area contributed by atoms with Crippen LogP contribution in [0.1, 0.15) is 20.3 Å². The molecule has 6 nitrogen and oxygen atoms in total. The Labute approximate surface area is 124 Å². The quantitative estimate of drug-likeness (QED) is 0.732. The first-order chi connectivity index (χ1) is 9.83. The van der Waals surface area contributed by atoms with Crippen molar-refractivity contribution in [3.63, 3.8) is 0 Å². The minimum Gasteiger partial charge on any atom is -0.398 e. The Hall–Kier alpha value is -1.67. The lowest BCUT2D eigenvalue weighted by Gasteiger charge is -2.18. The SMILES string of the molecule is CCN(CC)C(=O)CCNS(=O)(=O)c1c(N)cccc1F. The lowest BCUT2D eigenvalue weighted by molar-refractivity contribution is -0.130. The van der Waals surface area contributed by atoms with Gasteiger partial charge in [0.05, 0.1) is 5.69 Å². The molecule has 1 amide bonds. The molecule has 21 heavy (non-hydrogen) atoms. The number of nitrogens with zero attached hydrogens (tertiary/aromatic N) is 1. The fraction of sp³-hybridized carbons (Fsp3) is 0.462. The zero-order valence-electron chi connectivity index (χ0n) is 12.1. The molecule has 0 aliphatic carbocycles. The molecule has 8 heteroatoms. The molecule has 0 atom stereocenters. The van der Waals surface area contributed by atoms with E-state index in [1.807, 2.05) is 13.8 Å². The molecular weight excluding hydrogens is 297 g/mol. The molecule has 0 heterocycles. The van der Waals surface area contributed by atoms with Crippen molar-refractivity contribution in [1.29, 1.82) is 0 Å². The summed E-state index contributed by atoms with van der Waals surface area (Å²) >= 11 is 0.